The highest BCUT2D eigenvalue weighted by Crippen LogP contribution is 2.38. The van der Waals surface area contributed by atoms with Crippen molar-refractivity contribution in [2.75, 3.05) is 18.4 Å². The molecule has 0 bridgehead atoms. The van der Waals surface area contributed by atoms with Gasteiger partial charge in [-0.25, -0.2) is 9.97 Å². The quantitative estimate of drug-likeness (QED) is 0.296. The SMILES string of the molecule is Cc1ccc(Oc2ccc(Nc3ncnc4sc5c(c34)CCN(C(=O)/C=C/CNC3CC3)C5)cc2C)cn1. The molecule has 194 valence electrons. The number of hydrogen-bond donors (Lipinski definition) is 2. The van der Waals surface area contributed by atoms with Gasteiger partial charge in [-0.15, -0.1) is 11.3 Å². The van der Waals surface area contributed by atoms with Crippen molar-refractivity contribution in [2.24, 2.45) is 0 Å². The Morgan fingerprint density at radius 2 is 2.08 bits per heavy atom. The molecule has 3 aromatic heterocycles. The number of carbonyl (C=O) groups excluding carboxylic acids is 1. The van der Waals surface area contributed by atoms with Gasteiger partial charge in [0, 0.05) is 41.5 Å². The Labute approximate surface area is 225 Å². The van der Waals surface area contributed by atoms with Gasteiger partial charge in [0.2, 0.25) is 5.91 Å². The molecule has 8 nitrogen and oxygen atoms in total. The highest BCUT2D eigenvalue weighted by Gasteiger charge is 2.26. The first-order chi connectivity index (χ1) is 18.5. The molecule has 2 N–H and O–H groups in total. The zero-order valence-electron chi connectivity index (χ0n) is 21.5. The van der Waals surface area contributed by atoms with Gasteiger partial charge in [0.1, 0.15) is 28.5 Å². The molecule has 9 heteroatoms. The summed E-state index contributed by atoms with van der Waals surface area (Å²) in [7, 11) is 0. The number of rotatable bonds is 8. The van der Waals surface area contributed by atoms with Crippen LogP contribution in [0.3, 0.4) is 0 Å². The van der Waals surface area contributed by atoms with E-state index in [9.17, 15) is 4.79 Å². The van der Waals surface area contributed by atoms with Crippen molar-refractivity contribution in [1.82, 2.24) is 25.2 Å². The van der Waals surface area contributed by atoms with Crippen molar-refractivity contribution in [3.8, 4) is 11.5 Å². The molecule has 1 amide bonds. The largest absolute Gasteiger partial charge is 0.455 e. The van der Waals surface area contributed by atoms with E-state index in [4.69, 9.17) is 4.74 Å². The molecule has 6 rings (SSSR count). The lowest BCUT2D eigenvalue weighted by Crippen LogP contribution is -2.34. The van der Waals surface area contributed by atoms with Crippen LogP contribution in [-0.4, -0.2) is 44.9 Å². The van der Waals surface area contributed by atoms with Gasteiger partial charge in [0.05, 0.1) is 18.1 Å². The Bertz CT molecular complexity index is 1510. The maximum absolute atomic E-state index is 12.7. The Hall–Kier alpha value is -3.82. The molecule has 0 saturated heterocycles. The Morgan fingerprint density at radius 3 is 2.87 bits per heavy atom. The predicted molar refractivity (Wildman–Crippen MR) is 150 cm³/mol. The van der Waals surface area contributed by atoms with Crippen molar-refractivity contribution in [3.05, 3.63) is 76.7 Å². The second kappa shape index (κ2) is 10.5. The van der Waals surface area contributed by atoms with E-state index < -0.39 is 0 Å². The summed E-state index contributed by atoms with van der Waals surface area (Å²) in [4.78, 5) is 30.2. The molecule has 4 heterocycles. The molecular weight excluding hydrogens is 496 g/mol. The number of nitrogens with zero attached hydrogens (tertiary/aromatic N) is 4. The fourth-order valence-corrected chi connectivity index (χ4v) is 5.82. The minimum atomic E-state index is 0.0642. The highest BCUT2D eigenvalue weighted by molar-refractivity contribution is 7.19. The Morgan fingerprint density at radius 1 is 1.18 bits per heavy atom. The first kappa shape index (κ1) is 24.5. The molecule has 0 atom stereocenters. The number of ether oxygens (including phenoxy) is 1. The minimum absolute atomic E-state index is 0.0642. The van der Waals surface area contributed by atoms with Gasteiger partial charge < -0.3 is 20.3 Å². The average Bonchev–Trinajstić information content (AvgIpc) is 3.67. The van der Waals surface area contributed by atoms with Gasteiger partial charge in [-0.2, -0.15) is 0 Å². The van der Waals surface area contributed by atoms with Crippen LogP contribution in [0.15, 0.2) is 55.0 Å². The zero-order valence-corrected chi connectivity index (χ0v) is 22.3. The second-order valence-electron chi connectivity index (χ2n) is 9.84. The van der Waals surface area contributed by atoms with Gasteiger partial charge in [0.25, 0.3) is 0 Å². The number of nitrogens with one attached hydrogen (secondary N) is 2. The lowest BCUT2D eigenvalue weighted by molar-refractivity contribution is -0.126. The molecule has 0 radical (unpaired) electrons. The molecule has 1 fully saturated rings. The number of aromatic nitrogens is 3. The monoisotopic (exact) mass is 526 g/mol. The molecule has 2 aliphatic rings. The van der Waals surface area contributed by atoms with Crippen molar-refractivity contribution in [2.45, 2.75) is 45.7 Å². The summed E-state index contributed by atoms with van der Waals surface area (Å²) in [5, 5.41) is 7.95. The van der Waals surface area contributed by atoms with Gasteiger partial charge >= 0.3 is 0 Å². The first-order valence-electron chi connectivity index (χ1n) is 13.0. The molecular formula is C29H30N6O2S. The summed E-state index contributed by atoms with van der Waals surface area (Å²) in [6.45, 7) is 6.01. The number of aryl methyl sites for hydroxylation is 2. The number of anilines is 2. The summed E-state index contributed by atoms with van der Waals surface area (Å²) in [5.74, 6) is 2.34. The van der Waals surface area contributed by atoms with E-state index in [1.165, 1.54) is 23.3 Å². The number of hydrogen-bond acceptors (Lipinski definition) is 8. The summed E-state index contributed by atoms with van der Waals surface area (Å²) in [6, 6.07) is 10.5. The number of fused-ring (bicyclic) bond motifs is 3. The van der Waals surface area contributed by atoms with E-state index >= 15 is 0 Å². The molecule has 0 spiro atoms. The van der Waals surface area contributed by atoms with Crippen molar-refractivity contribution in [1.29, 1.82) is 0 Å². The van der Waals surface area contributed by atoms with Gasteiger partial charge in [-0.1, -0.05) is 6.08 Å². The number of amides is 1. The highest BCUT2D eigenvalue weighted by atomic mass is 32.1. The van der Waals surface area contributed by atoms with Crippen LogP contribution in [0.2, 0.25) is 0 Å². The molecule has 1 aromatic carbocycles. The van der Waals surface area contributed by atoms with E-state index in [1.807, 2.05) is 49.1 Å². The standard InChI is InChI=1S/C29H30N6O2S/c1-18-14-21(8-10-24(18)37-22-9-5-19(2)31-15-22)34-28-27-23-11-13-35(16-25(23)38-29(27)33-17-32-28)26(36)4-3-12-30-20-6-7-20/h3-5,8-10,14-15,17,20,30H,6-7,11-13,16H2,1-2H3,(H,32,33,34)/b4-3+. The van der Waals surface area contributed by atoms with Crippen molar-refractivity contribution < 1.29 is 9.53 Å². The number of thiophene rings is 1. The first-order valence-corrected chi connectivity index (χ1v) is 13.8. The molecule has 1 aliphatic carbocycles. The third kappa shape index (κ3) is 5.39. The molecule has 4 aromatic rings. The van der Waals surface area contributed by atoms with Crippen LogP contribution >= 0.6 is 11.3 Å². The zero-order chi connectivity index (χ0) is 26.1. The van der Waals surface area contributed by atoms with E-state index in [1.54, 1.807) is 29.9 Å². The molecule has 0 unspecified atom stereocenters. The number of pyridine rings is 1. The Balaban J connectivity index is 1.17. The van der Waals surface area contributed by atoms with Crippen LogP contribution in [0.1, 0.15) is 34.5 Å². The van der Waals surface area contributed by atoms with Gasteiger partial charge in [0.15, 0.2) is 0 Å². The topological polar surface area (TPSA) is 92.3 Å². The van der Waals surface area contributed by atoms with Crippen molar-refractivity contribution >= 4 is 39.0 Å². The van der Waals surface area contributed by atoms with Crippen LogP contribution in [0.5, 0.6) is 11.5 Å². The maximum atomic E-state index is 12.7. The third-order valence-corrected chi connectivity index (χ3v) is 7.99. The Kier molecular flexibility index (Phi) is 6.78. The van der Waals surface area contributed by atoms with Gasteiger partial charge in [-0.3, -0.25) is 9.78 Å². The van der Waals surface area contributed by atoms with Crippen LogP contribution in [0, 0.1) is 13.8 Å². The van der Waals surface area contributed by atoms with Crippen LogP contribution in [0.25, 0.3) is 10.2 Å². The predicted octanol–water partition coefficient (Wildman–Crippen LogP) is 5.43. The fraction of sp³-hybridized carbons (Fsp3) is 0.310. The maximum Gasteiger partial charge on any atom is 0.246 e. The smallest absolute Gasteiger partial charge is 0.246 e. The lowest BCUT2D eigenvalue weighted by atomic mass is 10.0. The molecule has 1 aliphatic heterocycles. The van der Waals surface area contributed by atoms with Crippen molar-refractivity contribution in [3.63, 3.8) is 0 Å². The summed E-state index contributed by atoms with van der Waals surface area (Å²) in [5.41, 5.74) is 4.12. The lowest BCUT2D eigenvalue weighted by Gasteiger charge is -2.26. The van der Waals surface area contributed by atoms with E-state index in [0.717, 1.165) is 51.7 Å². The van der Waals surface area contributed by atoms with Crippen LogP contribution in [0.4, 0.5) is 11.5 Å². The van der Waals surface area contributed by atoms with Crippen LogP contribution in [-0.2, 0) is 17.8 Å². The van der Waals surface area contributed by atoms with E-state index in [2.05, 4.69) is 31.7 Å². The minimum Gasteiger partial charge on any atom is -0.455 e. The normalized spacial score (nSPS) is 15.2. The third-order valence-electron chi connectivity index (χ3n) is 6.86. The van der Waals surface area contributed by atoms with Gasteiger partial charge in [-0.05, 0) is 74.6 Å². The summed E-state index contributed by atoms with van der Waals surface area (Å²) >= 11 is 1.65. The second-order valence-corrected chi connectivity index (χ2v) is 10.9. The molecule has 1 saturated carbocycles. The molecule has 38 heavy (non-hydrogen) atoms. The average molecular weight is 527 g/mol. The van der Waals surface area contributed by atoms with E-state index in [-0.39, 0.29) is 5.91 Å². The number of benzene rings is 1. The summed E-state index contributed by atoms with van der Waals surface area (Å²) in [6.07, 6.45) is 10.2. The fourth-order valence-electron chi connectivity index (χ4n) is 4.62. The van der Waals surface area contributed by atoms with Crippen LogP contribution < -0.4 is 15.4 Å². The number of carbonyl (C=O) groups is 1. The summed E-state index contributed by atoms with van der Waals surface area (Å²) < 4.78 is 6.02. The van der Waals surface area contributed by atoms with E-state index in [0.29, 0.717) is 24.9 Å².